The number of thiazole rings is 1. The van der Waals surface area contributed by atoms with Crippen molar-refractivity contribution in [2.75, 3.05) is 50.1 Å². The second kappa shape index (κ2) is 14.1. The number of benzene rings is 2. The van der Waals surface area contributed by atoms with Crippen molar-refractivity contribution in [3.8, 4) is 5.75 Å². The Bertz CT molecular complexity index is 2130. The highest BCUT2D eigenvalue weighted by atomic mass is 79.9. The molecule has 8 rings (SSSR count). The van der Waals surface area contributed by atoms with Gasteiger partial charge in [0, 0.05) is 50.2 Å². The standard InChI is InChI=1S/C37H38BrN7O6S/c1-42-18-23(17-24(19-42)39-32-31(38)36(50)44-15-16-52-37(44)41-32)22-5-7-25(8-6-22)51-20-21-11-13-43(14-12-21)27-4-2-3-26-30(27)35(49)45(34(26)48)28-9-10-29(46)40-33(28)47/h2-8,15-16,21,23-24,28,39H,9-14,17-20H2,1H3,(H,40,46,47)/t23-,24+,28?/m0/s1. The molecule has 13 nitrogen and oxygen atoms in total. The molecule has 4 amide bonds. The first-order valence-electron chi connectivity index (χ1n) is 17.6. The van der Waals surface area contributed by atoms with Crippen LogP contribution in [0.3, 0.4) is 0 Å². The van der Waals surface area contributed by atoms with E-state index in [1.807, 2.05) is 23.6 Å². The maximum absolute atomic E-state index is 13.6. The van der Waals surface area contributed by atoms with E-state index in [2.05, 4.69) is 60.5 Å². The van der Waals surface area contributed by atoms with Crippen LogP contribution in [0.15, 0.2) is 63.3 Å². The SMILES string of the molecule is CN1C[C@H](Nc2nc3sccn3c(=O)c2Br)C[C@H](c2ccc(OCC3CCN(c4cccc5c4C(=O)N(C4CCC(=O)NC4=O)C5=O)CC3)cc2)C1. The summed E-state index contributed by atoms with van der Waals surface area (Å²) in [6, 6.07) is 12.8. The minimum absolute atomic E-state index is 0.0860. The zero-order valence-corrected chi connectivity index (χ0v) is 31.0. The number of nitrogens with zero attached hydrogens (tertiary/aromatic N) is 5. The van der Waals surface area contributed by atoms with Crippen molar-refractivity contribution in [1.29, 1.82) is 0 Å². The Labute approximate surface area is 312 Å². The summed E-state index contributed by atoms with van der Waals surface area (Å²) in [6.45, 7) is 3.76. The van der Waals surface area contributed by atoms with Gasteiger partial charge in [0.1, 0.15) is 22.1 Å². The predicted octanol–water partition coefficient (Wildman–Crippen LogP) is 4.11. The Morgan fingerprint density at radius 3 is 2.56 bits per heavy atom. The number of rotatable bonds is 8. The molecule has 15 heteroatoms. The normalized spacial score (nSPS) is 22.9. The molecular weight excluding hydrogens is 750 g/mol. The fraction of sp³-hybridized carbons (Fsp3) is 0.405. The van der Waals surface area contributed by atoms with Crippen LogP contribution >= 0.6 is 27.3 Å². The van der Waals surface area contributed by atoms with Gasteiger partial charge < -0.3 is 19.9 Å². The molecule has 2 N–H and O–H groups in total. The number of likely N-dealkylation sites (N-methyl/N-ethyl adjacent to an activating group) is 1. The zero-order valence-electron chi connectivity index (χ0n) is 28.5. The van der Waals surface area contributed by atoms with Crippen LogP contribution in [0, 0.1) is 5.92 Å². The van der Waals surface area contributed by atoms with Crippen LogP contribution in [0.2, 0.25) is 0 Å². The molecule has 0 saturated carbocycles. The number of hydrogen-bond acceptors (Lipinski definition) is 11. The van der Waals surface area contributed by atoms with E-state index in [0.29, 0.717) is 63.6 Å². The summed E-state index contributed by atoms with van der Waals surface area (Å²) in [6.07, 6.45) is 4.58. The first-order valence-corrected chi connectivity index (χ1v) is 19.2. The maximum Gasteiger partial charge on any atom is 0.275 e. The fourth-order valence-corrected chi connectivity index (χ4v) is 9.07. The lowest BCUT2D eigenvalue weighted by Gasteiger charge is -2.36. The van der Waals surface area contributed by atoms with Gasteiger partial charge in [-0.15, -0.1) is 11.3 Å². The van der Waals surface area contributed by atoms with E-state index in [4.69, 9.17) is 4.74 Å². The number of ether oxygens (including phenoxy) is 1. The number of carbonyl (C=O) groups is 4. The molecule has 270 valence electrons. The second-order valence-electron chi connectivity index (χ2n) is 14.1. The predicted molar refractivity (Wildman–Crippen MR) is 199 cm³/mol. The third-order valence-electron chi connectivity index (χ3n) is 10.6. The highest BCUT2D eigenvalue weighted by molar-refractivity contribution is 9.10. The Morgan fingerprint density at radius 1 is 1.00 bits per heavy atom. The van der Waals surface area contributed by atoms with Crippen LogP contribution in [-0.4, -0.2) is 94.7 Å². The van der Waals surface area contributed by atoms with Crippen molar-refractivity contribution in [2.24, 2.45) is 5.92 Å². The number of anilines is 2. The molecule has 0 radical (unpaired) electrons. The third-order valence-corrected chi connectivity index (χ3v) is 12.1. The second-order valence-corrected chi connectivity index (χ2v) is 15.8. The first-order chi connectivity index (χ1) is 25.1. The summed E-state index contributed by atoms with van der Waals surface area (Å²) < 4.78 is 8.24. The van der Waals surface area contributed by atoms with Crippen LogP contribution in [0.1, 0.15) is 64.3 Å². The number of aromatic nitrogens is 2. The average Bonchev–Trinajstić information content (AvgIpc) is 3.72. The van der Waals surface area contributed by atoms with E-state index >= 15 is 0 Å². The van der Waals surface area contributed by atoms with E-state index in [9.17, 15) is 24.0 Å². The molecule has 3 saturated heterocycles. The van der Waals surface area contributed by atoms with Gasteiger partial charge in [-0.05, 0) is 90.3 Å². The van der Waals surface area contributed by atoms with E-state index in [1.165, 1.54) is 16.9 Å². The molecule has 0 spiro atoms. The van der Waals surface area contributed by atoms with Crippen molar-refractivity contribution in [3.63, 3.8) is 0 Å². The van der Waals surface area contributed by atoms with Crippen LogP contribution in [0.25, 0.3) is 4.96 Å². The minimum atomic E-state index is -0.987. The van der Waals surface area contributed by atoms with E-state index in [0.717, 1.165) is 43.0 Å². The molecule has 6 heterocycles. The molecule has 3 atom stereocenters. The Hall–Kier alpha value is -4.60. The van der Waals surface area contributed by atoms with Gasteiger partial charge in [-0.2, -0.15) is 0 Å². The molecular formula is C37H38BrN7O6S. The van der Waals surface area contributed by atoms with E-state index < -0.39 is 29.7 Å². The number of carbonyl (C=O) groups excluding carboxylic acids is 4. The summed E-state index contributed by atoms with van der Waals surface area (Å²) in [5, 5.41) is 7.63. The van der Waals surface area contributed by atoms with E-state index in [-0.39, 0.29) is 24.4 Å². The van der Waals surface area contributed by atoms with Gasteiger partial charge in [0.15, 0.2) is 4.96 Å². The van der Waals surface area contributed by atoms with Crippen LogP contribution in [0.4, 0.5) is 11.5 Å². The lowest BCUT2D eigenvalue weighted by molar-refractivity contribution is -0.136. The van der Waals surface area contributed by atoms with Crippen molar-refractivity contribution < 1.29 is 23.9 Å². The first kappa shape index (κ1) is 34.5. The van der Waals surface area contributed by atoms with Crippen LogP contribution < -0.4 is 25.8 Å². The van der Waals surface area contributed by atoms with E-state index in [1.54, 1.807) is 22.7 Å². The summed E-state index contributed by atoms with van der Waals surface area (Å²) in [5.41, 5.74) is 2.45. The Morgan fingerprint density at radius 2 is 1.79 bits per heavy atom. The van der Waals surface area contributed by atoms with Gasteiger partial charge in [0.2, 0.25) is 11.8 Å². The summed E-state index contributed by atoms with van der Waals surface area (Å²) >= 11 is 4.89. The monoisotopic (exact) mass is 787 g/mol. The molecule has 0 bridgehead atoms. The number of amides is 4. The number of piperidine rings is 3. The molecule has 1 unspecified atom stereocenters. The largest absolute Gasteiger partial charge is 0.493 e. The molecule has 4 aliphatic rings. The van der Waals surface area contributed by atoms with Gasteiger partial charge in [0.05, 0.1) is 23.4 Å². The van der Waals surface area contributed by atoms with Gasteiger partial charge in [-0.3, -0.25) is 38.6 Å². The molecule has 3 fully saturated rings. The zero-order chi connectivity index (χ0) is 36.1. The van der Waals surface area contributed by atoms with Gasteiger partial charge in [-0.25, -0.2) is 4.98 Å². The van der Waals surface area contributed by atoms with Crippen molar-refractivity contribution >= 4 is 67.4 Å². The van der Waals surface area contributed by atoms with Crippen LogP contribution in [-0.2, 0) is 9.59 Å². The topological polar surface area (TPSA) is 146 Å². The van der Waals surface area contributed by atoms with Crippen molar-refractivity contribution in [2.45, 2.75) is 50.1 Å². The smallest absolute Gasteiger partial charge is 0.275 e. The maximum atomic E-state index is 13.6. The fourth-order valence-electron chi connectivity index (χ4n) is 7.97. The number of fused-ring (bicyclic) bond motifs is 2. The minimum Gasteiger partial charge on any atom is -0.493 e. The highest BCUT2D eigenvalue weighted by Gasteiger charge is 2.46. The van der Waals surface area contributed by atoms with Gasteiger partial charge in [0.25, 0.3) is 17.4 Å². The number of imide groups is 2. The van der Waals surface area contributed by atoms with Crippen LogP contribution in [0.5, 0.6) is 5.75 Å². The molecule has 2 aromatic heterocycles. The number of nitrogens with one attached hydrogen (secondary N) is 2. The number of hydrogen-bond donors (Lipinski definition) is 2. The highest BCUT2D eigenvalue weighted by Crippen LogP contribution is 2.36. The number of likely N-dealkylation sites (tertiary alicyclic amines) is 1. The van der Waals surface area contributed by atoms with Crippen molar-refractivity contribution in [1.82, 2.24) is 24.5 Å². The Kier molecular flexibility index (Phi) is 9.34. The van der Waals surface area contributed by atoms with Gasteiger partial charge >= 0.3 is 0 Å². The van der Waals surface area contributed by atoms with Crippen molar-refractivity contribution in [3.05, 3.63) is 85.6 Å². The molecule has 4 aliphatic heterocycles. The molecule has 52 heavy (non-hydrogen) atoms. The molecule has 4 aromatic rings. The quantitative estimate of drug-likeness (QED) is 0.250. The lowest BCUT2D eigenvalue weighted by Crippen LogP contribution is -2.54. The third kappa shape index (κ3) is 6.49. The average molecular weight is 789 g/mol. The molecule has 2 aromatic carbocycles. The summed E-state index contributed by atoms with van der Waals surface area (Å²) in [5.74, 6) is 0.0530. The Balaban J connectivity index is 0.856. The number of halogens is 1. The molecule has 0 aliphatic carbocycles. The summed E-state index contributed by atoms with van der Waals surface area (Å²) in [4.78, 5) is 74.6. The lowest BCUT2D eigenvalue weighted by atomic mass is 9.88. The van der Waals surface area contributed by atoms with Gasteiger partial charge in [-0.1, -0.05) is 18.2 Å². The summed E-state index contributed by atoms with van der Waals surface area (Å²) in [7, 11) is 2.11.